The van der Waals surface area contributed by atoms with Crippen molar-refractivity contribution in [3.63, 3.8) is 0 Å². The van der Waals surface area contributed by atoms with Gasteiger partial charge in [-0.05, 0) is 62.4 Å². The van der Waals surface area contributed by atoms with Crippen LogP contribution in [-0.2, 0) is 4.79 Å². The van der Waals surface area contributed by atoms with Gasteiger partial charge >= 0.3 is 0 Å². The van der Waals surface area contributed by atoms with Crippen molar-refractivity contribution in [2.24, 2.45) is 11.5 Å². The Hall–Kier alpha value is -4.38. The highest BCUT2D eigenvalue weighted by molar-refractivity contribution is 5.91. The van der Waals surface area contributed by atoms with E-state index in [-0.39, 0.29) is 17.4 Å². The normalized spacial score (nSPS) is 11.0. The number of aromatic nitrogens is 2. The van der Waals surface area contributed by atoms with E-state index in [1.54, 1.807) is 31.2 Å². The van der Waals surface area contributed by atoms with E-state index in [2.05, 4.69) is 21.8 Å². The quantitative estimate of drug-likeness (QED) is 0.570. The molecule has 0 bridgehead atoms. The van der Waals surface area contributed by atoms with E-state index in [1.807, 2.05) is 24.3 Å². The molecule has 31 heavy (non-hydrogen) atoms. The summed E-state index contributed by atoms with van der Waals surface area (Å²) in [6, 6.07) is 15.6. The summed E-state index contributed by atoms with van der Waals surface area (Å²) in [6.07, 6.45) is -0.936. The summed E-state index contributed by atoms with van der Waals surface area (Å²) in [5, 5.41) is 0. The topological polar surface area (TPSA) is 130 Å². The van der Waals surface area contributed by atoms with E-state index < -0.39 is 17.9 Å². The molecule has 8 heteroatoms. The predicted molar refractivity (Wildman–Crippen MR) is 114 cm³/mol. The fourth-order valence-electron chi connectivity index (χ4n) is 2.54. The molecular weight excluding hydrogens is 396 g/mol. The molecule has 2 aromatic carbocycles. The number of carbonyl (C=O) groups is 2. The number of nitrogens with zero attached hydrogens (tertiary/aromatic N) is 2. The second kappa shape index (κ2) is 9.41. The fourth-order valence-corrected chi connectivity index (χ4v) is 2.54. The Kier molecular flexibility index (Phi) is 6.48. The van der Waals surface area contributed by atoms with Crippen molar-refractivity contribution in [1.82, 2.24) is 9.97 Å². The smallest absolute Gasteiger partial charge is 0.267 e. The van der Waals surface area contributed by atoms with Gasteiger partial charge in [0.15, 0.2) is 11.9 Å². The van der Waals surface area contributed by atoms with Crippen molar-refractivity contribution in [3.8, 4) is 40.6 Å². The van der Waals surface area contributed by atoms with Crippen molar-refractivity contribution in [3.05, 3.63) is 65.9 Å². The maximum absolute atomic E-state index is 11.6. The molecule has 3 aromatic rings. The molecule has 0 unspecified atom stereocenters. The van der Waals surface area contributed by atoms with E-state index in [9.17, 15) is 9.59 Å². The Labute approximate surface area is 179 Å². The van der Waals surface area contributed by atoms with Crippen molar-refractivity contribution < 1.29 is 19.1 Å². The number of primary amides is 2. The molecule has 0 fully saturated rings. The molecule has 0 aliphatic heterocycles. The maximum atomic E-state index is 11.6. The highest BCUT2D eigenvalue weighted by Gasteiger charge is 2.16. The molecule has 2 amide bonds. The van der Waals surface area contributed by atoms with E-state index in [4.69, 9.17) is 20.9 Å². The Morgan fingerprint density at radius 3 is 2.13 bits per heavy atom. The lowest BCUT2D eigenvalue weighted by Gasteiger charge is -2.12. The first kappa shape index (κ1) is 21.3. The zero-order chi connectivity index (χ0) is 22.4. The minimum Gasteiger partial charge on any atom is -0.464 e. The predicted octanol–water partition coefficient (Wildman–Crippen LogP) is 2.66. The van der Waals surface area contributed by atoms with Gasteiger partial charge in [-0.3, -0.25) is 9.59 Å². The minimum atomic E-state index is -0.936. The Morgan fingerprint density at radius 2 is 1.58 bits per heavy atom. The number of carbonyl (C=O) groups excluding carboxylic acids is 2. The van der Waals surface area contributed by atoms with Gasteiger partial charge < -0.3 is 20.9 Å². The van der Waals surface area contributed by atoms with Crippen LogP contribution in [0.25, 0.3) is 11.4 Å². The highest BCUT2D eigenvalue weighted by atomic mass is 16.5. The van der Waals surface area contributed by atoms with Crippen molar-refractivity contribution in [1.29, 1.82) is 0 Å². The molecule has 3 rings (SSSR count). The van der Waals surface area contributed by atoms with Gasteiger partial charge in [-0.2, -0.15) is 4.98 Å². The molecule has 0 aliphatic rings. The van der Waals surface area contributed by atoms with Gasteiger partial charge in [0.2, 0.25) is 5.88 Å². The van der Waals surface area contributed by atoms with Crippen LogP contribution in [0.1, 0.15) is 29.9 Å². The van der Waals surface area contributed by atoms with Crippen LogP contribution in [0.2, 0.25) is 0 Å². The van der Waals surface area contributed by atoms with Crippen LogP contribution in [-0.4, -0.2) is 27.9 Å². The Morgan fingerprint density at radius 1 is 0.968 bits per heavy atom. The summed E-state index contributed by atoms with van der Waals surface area (Å²) in [7, 11) is 0. The summed E-state index contributed by atoms with van der Waals surface area (Å²) in [5.74, 6) is 5.87. The summed E-state index contributed by atoms with van der Waals surface area (Å²) >= 11 is 0. The van der Waals surface area contributed by atoms with Gasteiger partial charge in [-0.1, -0.05) is 5.92 Å². The zero-order valence-electron chi connectivity index (χ0n) is 17.0. The lowest BCUT2D eigenvalue weighted by atomic mass is 10.2. The van der Waals surface area contributed by atoms with Crippen LogP contribution >= 0.6 is 0 Å². The fraction of sp³-hybridized carbons (Fsp3) is 0.130. The molecule has 0 spiro atoms. The molecule has 0 aliphatic carbocycles. The van der Waals surface area contributed by atoms with Gasteiger partial charge in [0.1, 0.15) is 17.2 Å². The monoisotopic (exact) mass is 416 g/mol. The van der Waals surface area contributed by atoms with E-state index in [0.29, 0.717) is 17.1 Å². The van der Waals surface area contributed by atoms with Gasteiger partial charge in [0.25, 0.3) is 11.8 Å². The molecule has 0 saturated carbocycles. The second-order valence-corrected chi connectivity index (χ2v) is 6.47. The van der Waals surface area contributed by atoms with E-state index in [0.717, 1.165) is 5.56 Å². The van der Waals surface area contributed by atoms with Crippen LogP contribution in [0.3, 0.4) is 0 Å². The van der Waals surface area contributed by atoms with Crippen molar-refractivity contribution in [2.45, 2.75) is 20.0 Å². The third-order valence-corrected chi connectivity index (χ3v) is 4.13. The average Bonchev–Trinajstić information content (AvgIpc) is 2.75. The third kappa shape index (κ3) is 5.58. The Bertz CT molecular complexity index is 1160. The number of ether oxygens (including phenoxy) is 2. The van der Waals surface area contributed by atoms with Crippen LogP contribution in [0, 0.1) is 11.8 Å². The minimum absolute atomic E-state index is 0.0145. The molecule has 0 radical (unpaired) electrons. The molecule has 4 N–H and O–H groups in total. The summed E-state index contributed by atoms with van der Waals surface area (Å²) in [6.45, 7) is 3.25. The second-order valence-electron chi connectivity index (χ2n) is 6.47. The summed E-state index contributed by atoms with van der Waals surface area (Å²) < 4.78 is 11.2. The molecule has 156 valence electrons. The number of nitrogens with two attached hydrogens (primary N) is 2. The van der Waals surface area contributed by atoms with Crippen LogP contribution in [0.15, 0.2) is 54.6 Å². The zero-order valence-corrected chi connectivity index (χ0v) is 17.0. The standard InChI is InChI=1S/C23H20N4O4/c1-3-4-15-5-9-17(10-6-15)31-18-11-7-16(8-12-18)23-26-19(22(25)29)13-20(27-23)30-14(2)21(24)28/h5-14H,1-2H3,(H2,24,28)(H2,25,29)/t14-/m0/s1. The molecule has 1 atom stereocenters. The van der Waals surface area contributed by atoms with Gasteiger partial charge in [0.05, 0.1) is 0 Å². The Balaban J connectivity index is 1.83. The van der Waals surface area contributed by atoms with Crippen LogP contribution < -0.4 is 20.9 Å². The first-order valence-corrected chi connectivity index (χ1v) is 9.31. The van der Waals surface area contributed by atoms with E-state index >= 15 is 0 Å². The van der Waals surface area contributed by atoms with Crippen LogP contribution in [0.5, 0.6) is 17.4 Å². The van der Waals surface area contributed by atoms with Crippen LogP contribution in [0.4, 0.5) is 0 Å². The van der Waals surface area contributed by atoms with Gasteiger partial charge in [-0.25, -0.2) is 4.98 Å². The largest absolute Gasteiger partial charge is 0.464 e. The number of hydrogen-bond donors (Lipinski definition) is 2. The van der Waals surface area contributed by atoms with Crippen molar-refractivity contribution >= 4 is 11.8 Å². The van der Waals surface area contributed by atoms with E-state index in [1.165, 1.54) is 13.0 Å². The number of hydrogen-bond acceptors (Lipinski definition) is 6. The first-order chi connectivity index (χ1) is 14.9. The number of amides is 2. The first-order valence-electron chi connectivity index (χ1n) is 9.31. The third-order valence-electron chi connectivity index (χ3n) is 4.13. The molecule has 0 saturated heterocycles. The molecule has 8 nitrogen and oxygen atoms in total. The number of benzene rings is 2. The van der Waals surface area contributed by atoms with Gasteiger partial charge in [0, 0.05) is 17.2 Å². The summed E-state index contributed by atoms with van der Waals surface area (Å²) in [4.78, 5) is 31.3. The summed E-state index contributed by atoms with van der Waals surface area (Å²) in [5.41, 5.74) is 12.0. The maximum Gasteiger partial charge on any atom is 0.267 e. The average molecular weight is 416 g/mol. The molecular formula is C23H20N4O4. The van der Waals surface area contributed by atoms with Crippen molar-refractivity contribution in [2.75, 3.05) is 0 Å². The van der Waals surface area contributed by atoms with Gasteiger partial charge in [-0.15, -0.1) is 5.92 Å². The SMILES string of the molecule is CC#Cc1ccc(Oc2ccc(-c3nc(O[C@@H](C)C(N)=O)cc(C(N)=O)n3)cc2)cc1. The number of rotatable bonds is 7. The molecule has 1 aromatic heterocycles. The lowest BCUT2D eigenvalue weighted by Crippen LogP contribution is -2.31. The highest BCUT2D eigenvalue weighted by Crippen LogP contribution is 2.26. The lowest BCUT2D eigenvalue weighted by molar-refractivity contribution is -0.124. The molecule has 1 heterocycles.